The van der Waals surface area contributed by atoms with Crippen molar-refractivity contribution in [2.75, 3.05) is 13.2 Å². The number of amides is 1. The number of aliphatic hydroxyl groups is 1. The summed E-state index contributed by atoms with van der Waals surface area (Å²) in [4.78, 5) is 11.7. The van der Waals surface area contributed by atoms with Crippen molar-refractivity contribution in [2.24, 2.45) is 5.92 Å². The van der Waals surface area contributed by atoms with Crippen molar-refractivity contribution < 1.29 is 9.90 Å². The summed E-state index contributed by atoms with van der Waals surface area (Å²) in [7, 11) is 0. The smallest absolute Gasteiger partial charge is 0.224 e. The fourth-order valence-electron chi connectivity index (χ4n) is 1.82. The summed E-state index contributed by atoms with van der Waals surface area (Å²) in [6.45, 7) is 4.94. The Morgan fingerprint density at radius 2 is 2.11 bits per heavy atom. The van der Waals surface area contributed by atoms with Gasteiger partial charge in [-0.25, -0.2) is 0 Å². The van der Waals surface area contributed by atoms with Crippen LogP contribution < -0.4 is 5.32 Å². The Kier molecular flexibility index (Phi) is 6.44. The van der Waals surface area contributed by atoms with Crippen molar-refractivity contribution >= 4 is 5.91 Å². The number of nitrogens with one attached hydrogen (secondary N) is 1. The van der Waals surface area contributed by atoms with Crippen LogP contribution in [-0.4, -0.2) is 24.2 Å². The highest BCUT2D eigenvalue weighted by Gasteiger charge is 2.06. The van der Waals surface area contributed by atoms with E-state index in [1.54, 1.807) is 0 Å². The molecule has 0 saturated heterocycles. The summed E-state index contributed by atoms with van der Waals surface area (Å²) in [5, 5.41) is 11.7. The maximum Gasteiger partial charge on any atom is 0.224 e. The van der Waals surface area contributed by atoms with Gasteiger partial charge in [-0.2, -0.15) is 0 Å². The maximum absolute atomic E-state index is 11.7. The van der Waals surface area contributed by atoms with Crippen LogP contribution in [0.15, 0.2) is 24.3 Å². The van der Waals surface area contributed by atoms with E-state index >= 15 is 0 Å². The molecule has 1 amide bonds. The zero-order chi connectivity index (χ0) is 13.4. The number of aryl methyl sites for hydroxylation is 1. The van der Waals surface area contributed by atoms with Crippen LogP contribution in [0.1, 0.15) is 31.4 Å². The predicted molar refractivity (Wildman–Crippen MR) is 73.4 cm³/mol. The summed E-state index contributed by atoms with van der Waals surface area (Å²) in [6.07, 6.45) is 2.15. The second-order valence-corrected chi connectivity index (χ2v) is 4.77. The molecule has 0 fully saturated rings. The SMILES string of the molecule is CCc1cccc(CC(=O)NCC(C)CCO)c1. The number of benzene rings is 1. The molecule has 3 nitrogen and oxygen atoms in total. The second-order valence-electron chi connectivity index (χ2n) is 4.77. The van der Waals surface area contributed by atoms with Crippen LogP contribution in [0.25, 0.3) is 0 Å². The van der Waals surface area contributed by atoms with Gasteiger partial charge in [0, 0.05) is 13.2 Å². The molecule has 0 saturated carbocycles. The molecule has 0 bridgehead atoms. The highest BCUT2D eigenvalue weighted by molar-refractivity contribution is 5.78. The number of carbonyl (C=O) groups excluding carboxylic acids is 1. The average molecular weight is 249 g/mol. The lowest BCUT2D eigenvalue weighted by Gasteiger charge is -2.11. The van der Waals surface area contributed by atoms with Gasteiger partial charge in [-0.05, 0) is 29.9 Å². The third kappa shape index (κ3) is 5.32. The van der Waals surface area contributed by atoms with Gasteiger partial charge in [-0.3, -0.25) is 4.79 Å². The van der Waals surface area contributed by atoms with Gasteiger partial charge in [-0.15, -0.1) is 0 Å². The first kappa shape index (κ1) is 14.7. The molecule has 0 spiro atoms. The standard InChI is InChI=1S/C15H23NO2/c1-3-13-5-4-6-14(9-13)10-15(18)16-11-12(2)7-8-17/h4-6,9,12,17H,3,7-8,10-11H2,1-2H3,(H,16,18). The molecule has 2 N–H and O–H groups in total. The topological polar surface area (TPSA) is 49.3 Å². The number of hydrogen-bond acceptors (Lipinski definition) is 2. The van der Waals surface area contributed by atoms with Gasteiger partial charge in [0.05, 0.1) is 6.42 Å². The summed E-state index contributed by atoms with van der Waals surface area (Å²) in [6, 6.07) is 8.13. The summed E-state index contributed by atoms with van der Waals surface area (Å²) < 4.78 is 0. The van der Waals surface area contributed by atoms with E-state index in [2.05, 4.69) is 24.4 Å². The van der Waals surface area contributed by atoms with Gasteiger partial charge in [0.15, 0.2) is 0 Å². The van der Waals surface area contributed by atoms with Crippen LogP contribution in [-0.2, 0) is 17.6 Å². The number of carbonyl (C=O) groups is 1. The third-order valence-corrected chi connectivity index (χ3v) is 3.03. The van der Waals surface area contributed by atoms with Crippen LogP contribution >= 0.6 is 0 Å². The molecule has 1 aromatic rings. The third-order valence-electron chi connectivity index (χ3n) is 3.03. The molecular formula is C15H23NO2. The van der Waals surface area contributed by atoms with Gasteiger partial charge >= 0.3 is 0 Å². The molecule has 0 aromatic heterocycles. The molecule has 0 aliphatic rings. The fraction of sp³-hybridized carbons (Fsp3) is 0.533. The Hall–Kier alpha value is -1.35. The van der Waals surface area contributed by atoms with Crippen molar-refractivity contribution in [3.8, 4) is 0 Å². The maximum atomic E-state index is 11.7. The van der Waals surface area contributed by atoms with E-state index in [0.717, 1.165) is 18.4 Å². The van der Waals surface area contributed by atoms with Crippen LogP contribution in [0.4, 0.5) is 0 Å². The molecule has 1 unspecified atom stereocenters. The van der Waals surface area contributed by atoms with Crippen molar-refractivity contribution in [3.05, 3.63) is 35.4 Å². The Morgan fingerprint density at radius 3 is 2.78 bits per heavy atom. The van der Waals surface area contributed by atoms with Gasteiger partial charge in [0.2, 0.25) is 5.91 Å². The zero-order valence-electron chi connectivity index (χ0n) is 11.3. The van der Waals surface area contributed by atoms with Crippen molar-refractivity contribution in [3.63, 3.8) is 0 Å². The monoisotopic (exact) mass is 249 g/mol. The Morgan fingerprint density at radius 1 is 1.39 bits per heavy atom. The highest BCUT2D eigenvalue weighted by atomic mass is 16.3. The first-order chi connectivity index (χ1) is 8.65. The van der Waals surface area contributed by atoms with E-state index in [9.17, 15) is 4.79 Å². The molecule has 0 radical (unpaired) electrons. The molecule has 1 atom stereocenters. The Labute approximate surface area is 109 Å². The molecule has 0 aliphatic carbocycles. The summed E-state index contributed by atoms with van der Waals surface area (Å²) in [5.41, 5.74) is 2.32. The zero-order valence-corrected chi connectivity index (χ0v) is 11.3. The first-order valence-corrected chi connectivity index (χ1v) is 6.61. The van der Waals surface area contributed by atoms with E-state index in [1.807, 2.05) is 19.1 Å². The average Bonchev–Trinajstić information content (AvgIpc) is 2.37. The van der Waals surface area contributed by atoms with E-state index < -0.39 is 0 Å². The van der Waals surface area contributed by atoms with Gasteiger partial charge in [0.1, 0.15) is 0 Å². The molecule has 100 valence electrons. The van der Waals surface area contributed by atoms with Crippen LogP contribution in [0, 0.1) is 5.92 Å². The van der Waals surface area contributed by atoms with Crippen molar-refractivity contribution in [1.82, 2.24) is 5.32 Å². The minimum atomic E-state index is 0.0491. The van der Waals surface area contributed by atoms with E-state index in [4.69, 9.17) is 5.11 Å². The molecule has 1 rings (SSSR count). The highest BCUT2D eigenvalue weighted by Crippen LogP contribution is 2.07. The number of aliphatic hydroxyl groups excluding tert-OH is 1. The van der Waals surface area contributed by atoms with Crippen LogP contribution in [0.5, 0.6) is 0 Å². The summed E-state index contributed by atoms with van der Waals surface area (Å²) >= 11 is 0. The lowest BCUT2D eigenvalue weighted by Crippen LogP contribution is -2.29. The van der Waals surface area contributed by atoms with Crippen molar-refractivity contribution in [1.29, 1.82) is 0 Å². The Balaban J connectivity index is 2.39. The molecule has 0 aliphatic heterocycles. The Bertz CT molecular complexity index is 377. The second kappa shape index (κ2) is 7.88. The number of rotatable bonds is 7. The van der Waals surface area contributed by atoms with E-state index in [0.29, 0.717) is 18.9 Å². The minimum Gasteiger partial charge on any atom is -0.396 e. The van der Waals surface area contributed by atoms with Crippen molar-refractivity contribution in [2.45, 2.75) is 33.1 Å². The van der Waals surface area contributed by atoms with E-state index in [-0.39, 0.29) is 12.5 Å². The predicted octanol–water partition coefficient (Wildman–Crippen LogP) is 1.93. The first-order valence-electron chi connectivity index (χ1n) is 6.61. The van der Waals surface area contributed by atoms with Gasteiger partial charge in [0.25, 0.3) is 0 Å². The van der Waals surface area contributed by atoms with Gasteiger partial charge in [-0.1, -0.05) is 38.1 Å². The minimum absolute atomic E-state index is 0.0491. The van der Waals surface area contributed by atoms with Crippen LogP contribution in [0.3, 0.4) is 0 Å². The lowest BCUT2D eigenvalue weighted by atomic mass is 10.1. The molecule has 18 heavy (non-hydrogen) atoms. The normalized spacial score (nSPS) is 12.2. The molecule has 3 heteroatoms. The van der Waals surface area contributed by atoms with E-state index in [1.165, 1.54) is 5.56 Å². The largest absolute Gasteiger partial charge is 0.396 e. The molecule has 1 aromatic carbocycles. The molecular weight excluding hydrogens is 226 g/mol. The molecule has 0 heterocycles. The summed E-state index contributed by atoms with van der Waals surface area (Å²) in [5.74, 6) is 0.369. The number of hydrogen-bond donors (Lipinski definition) is 2. The quantitative estimate of drug-likeness (QED) is 0.775. The fourth-order valence-corrected chi connectivity index (χ4v) is 1.82. The van der Waals surface area contributed by atoms with Crippen LogP contribution in [0.2, 0.25) is 0 Å². The van der Waals surface area contributed by atoms with Gasteiger partial charge < -0.3 is 10.4 Å². The lowest BCUT2D eigenvalue weighted by molar-refractivity contribution is -0.120.